The minimum absolute atomic E-state index is 0.0318. The molecule has 0 aromatic carbocycles. The van der Waals surface area contributed by atoms with Crippen molar-refractivity contribution in [2.24, 2.45) is 5.41 Å². The molecular formula is C31H36F4N8O3. The summed E-state index contributed by atoms with van der Waals surface area (Å²) in [7, 11) is 0. The molecule has 5 aliphatic rings. The standard InChI is InChI=1S/C31H36F4N8O3/c1-15-22(31(33,34)35)18(10-20(36)37-15)24-23(32)25-21-27(43-11-17-4-5-19(38-17)26(43)16(2)46-28(21)39-24)41-29(40-25)45-13-30(6-7-30)12-42-8-3-9-44-14-42/h10,16-17,19,26,38H,3-9,11-14H2,1-2H3,(H2,36,37)/t16-,17+,19-,26+/m0/s1. The highest BCUT2D eigenvalue weighted by Crippen LogP contribution is 2.48. The Morgan fingerprint density at radius 2 is 2.00 bits per heavy atom. The molecule has 2 bridgehead atoms. The molecule has 246 valence electrons. The van der Waals surface area contributed by atoms with Crippen LogP contribution in [0.15, 0.2) is 6.07 Å². The zero-order chi connectivity index (χ0) is 32.0. The molecule has 4 atom stereocenters. The maximum absolute atomic E-state index is 16.8. The third kappa shape index (κ3) is 5.07. The Hall–Kier alpha value is -3.56. The number of anilines is 2. The minimum Gasteiger partial charge on any atom is -0.472 e. The van der Waals surface area contributed by atoms with E-state index in [2.05, 4.69) is 30.1 Å². The molecule has 0 unspecified atom stereocenters. The monoisotopic (exact) mass is 644 g/mol. The lowest BCUT2D eigenvalue weighted by Gasteiger charge is -2.42. The first-order chi connectivity index (χ1) is 22.0. The van der Waals surface area contributed by atoms with Gasteiger partial charge in [0, 0.05) is 49.3 Å². The van der Waals surface area contributed by atoms with E-state index in [1.54, 1.807) is 0 Å². The summed E-state index contributed by atoms with van der Waals surface area (Å²) in [5.41, 5.74) is 2.97. The summed E-state index contributed by atoms with van der Waals surface area (Å²) in [6.07, 6.45) is -0.488. The second-order valence-corrected chi connectivity index (χ2v) is 13.4. The van der Waals surface area contributed by atoms with Crippen LogP contribution in [0.2, 0.25) is 0 Å². The van der Waals surface area contributed by atoms with Crippen molar-refractivity contribution in [1.82, 2.24) is 30.2 Å². The van der Waals surface area contributed by atoms with Crippen LogP contribution in [-0.2, 0) is 10.9 Å². The number of ether oxygens (including phenoxy) is 3. The fourth-order valence-corrected chi connectivity index (χ4v) is 7.76. The van der Waals surface area contributed by atoms with Gasteiger partial charge in [0.2, 0.25) is 5.88 Å². The predicted octanol–water partition coefficient (Wildman–Crippen LogP) is 4.06. The quantitative estimate of drug-likeness (QED) is 0.378. The zero-order valence-corrected chi connectivity index (χ0v) is 25.7. The Morgan fingerprint density at radius 1 is 1.17 bits per heavy atom. The molecule has 3 N–H and O–H groups in total. The van der Waals surface area contributed by atoms with E-state index in [1.165, 1.54) is 6.92 Å². The molecule has 3 saturated heterocycles. The maximum Gasteiger partial charge on any atom is 0.418 e. The highest BCUT2D eigenvalue weighted by atomic mass is 19.4. The Balaban J connectivity index is 1.27. The number of hydrogen-bond acceptors (Lipinski definition) is 11. The molecule has 0 amide bonds. The van der Waals surface area contributed by atoms with Crippen LogP contribution < -0.4 is 25.4 Å². The Bertz CT molecular complexity index is 1700. The van der Waals surface area contributed by atoms with Gasteiger partial charge in [-0.3, -0.25) is 4.90 Å². The van der Waals surface area contributed by atoms with Crippen LogP contribution >= 0.6 is 0 Å². The molecule has 8 rings (SSSR count). The van der Waals surface area contributed by atoms with Gasteiger partial charge in [0.05, 0.1) is 30.6 Å². The fraction of sp³-hybridized carbons (Fsp3) is 0.613. The number of fused-ring (bicyclic) bond motifs is 5. The molecule has 3 aromatic rings. The predicted molar refractivity (Wildman–Crippen MR) is 160 cm³/mol. The zero-order valence-electron chi connectivity index (χ0n) is 25.7. The molecule has 3 aromatic heterocycles. The van der Waals surface area contributed by atoms with Gasteiger partial charge in [-0.1, -0.05) is 0 Å². The van der Waals surface area contributed by atoms with Crippen molar-refractivity contribution in [2.45, 2.75) is 76.4 Å². The lowest BCUT2D eigenvalue weighted by Crippen LogP contribution is -2.62. The fourth-order valence-electron chi connectivity index (χ4n) is 7.76. The molecule has 11 nitrogen and oxygen atoms in total. The Morgan fingerprint density at radius 3 is 2.74 bits per heavy atom. The molecular weight excluding hydrogens is 608 g/mol. The number of nitrogens with zero attached hydrogens (tertiary/aromatic N) is 6. The van der Waals surface area contributed by atoms with Gasteiger partial charge >= 0.3 is 12.2 Å². The molecule has 1 saturated carbocycles. The second kappa shape index (κ2) is 10.7. The number of hydrogen-bond donors (Lipinski definition) is 2. The summed E-state index contributed by atoms with van der Waals surface area (Å²) in [4.78, 5) is 21.9. The number of nitrogens with one attached hydrogen (secondary N) is 1. The summed E-state index contributed by atoms with van der Waals surface area (Å²) < 4.78 is 78.1. The first-order valence-corrected chi connectivity index (χ1v) is 15.9. The normalized spacial score (nSPS) is 26.9. The van der Waals surface area contributed by atoms with Crippen LogP contribution in [0.1, 0.15) is 50.3 Å². The highest BCUT2D eigenvalue weighted by molar-refractivity contribution is 5.97. The number of alkyl halides is 3. The van der Waals surface area contributed by atoms with Crippen LogP contribution in [0.25, 0.3) is 22.2 Å². The van der Waals surface area contributed by atoms with Crippen molar-refractivity contribution >= 4 is 22.5 Å². The van der Waals surface area contributed by atoms with Crippen LogP contribution in [-0.4, -0.2) is 88.6 Å². The van der Waals surface area contributed by atoms with Crippen molar-refractivity contribution in [3.8, 4) is 23.1 Å². The maximum atomic E-state index is 16.8. The molecule has 46 heavy (non-hydrogen) atoms. The average molecular weight is 645 g/mol. The van der Waals surface area contributed by atoms with Crippen LogP contribution in [0.4, 0.5) is 29.2 Å². The van der Waals surface area contributed by atoms with E-state index in [-0.39, 0.29) is 57.8 Å². The van der Waals surface area contributed by atoms with Gasteiger partial charge in [0.15, 0.2) is 5.82 Å². The van der Waals surface area contributed by atoms with E-state index in [1.807, 2.05) is 6.92 Å². The Kier molecular flexibility index (Phi) is 6.96. The van der Waals surface area contributed by atoms with Crippen LogP contribution in [0.3, 0.4) is 0 Å². The van der Waals surface area contributed by atoms with E-state index in [9.17, 15) is 13.2 Å². The van der Waals surface area contributed by atoms with Crippen LogP contribution in [0, 0.1) is 18.2 Å². The van der Waals surface area contributed by atoms with E-state index in [0.29, 0.717) is 25.7 Å². The SMILES string of the molecule is Cc1nc(N)cc(-c2nc3c4c(nc(OCC5(CN6CCCOC6)CC5)nc4c2F)N2C[C@H]4CC[C@H](N4)[C@H]2[C@H](C)O3)c1C(F)(F)F. The minimum atomic E-state index is -4.85. The van der Waals surface area contributed by atoms with Gasteiger partial charge in [-0.15, -0.1) is 0 Å². The highest BCUT2D eigenvalue weighted by Gasteiger charge is 2.48. The van der Waals surface area contributed by atoms with E-state index >= 15 is 4.39 Å². The molecule has 15 heteroatoms. The summed E-state index contributed by atoms with van der Waals surface area (Å²) in [5, 5.41) is 3.86. The number of piperazine rings is 1. The van der Waals surface area contributed by atoms with Crippen molar-refractivity contribution in [3.05, 3.63) is 23.1 Å². The van der Waals surface area contributed by atoms with Crippen LogP contribution in [0.5, 0.6) is 11.9 Å². The van der Waals surface area contributed by atoms with Gasteiger partial charge in [-0.05, 0) is 52.0 Å². The lowest BCUT2D eigenvalue weighted by atomic mass is 9.99. The summed E-state index contributed by atoms with van der Waals surface area (Å²) in [5.74, 6) is -0.850. The topological polar surface area (TPSA) is 124 Å². The van der Waals surface area contributed by atoms with E-state index in [0.717, 1.165) is 57.9 Å². The number of aryl methyl sites for hydroxylation is 1. The van der Waals surface area contributed by atoms with Gasteiger partial charge in [0.1, 0.15) is 34.3 Å². The largest absolute Gasteiger partial charge is 0.472 e. The van der Waals surface area contributed by atoms with Crippen molar-refractivity contribution in [3.63, 3.8) is 0 Å². The van der Waals surface area contributed by atoms with Crippen molar-refractivity contribution in [2.75, 3.05) is 50.2 Å². The number of rotatable bonds is 6. The van der Waals surface area contributed by atoms with Gasteiger partial charge in [-0.2, -0.15) is 23.1 Å². The summed E-state index contributed by atoms with van der Waals surface area (Å²) in [6, 6.07) is 1.07. The first kappa shape index (κ1) is 29.8. The number of pyridine rings is 2. The molecule has 7 heterocycles. The number of nitrogens with two attached hydrogens (primary N) is 1. The molecule has 0 radical (unpaired) electrons. The molecule has 4 aliphatic heterocycles. The van der Waals surface area contributed by atoms with E-state index < -0.39 is 34.9 Å². The average Bonchev–Trinajstić information content (AvgIpc) is 3.69. The number of aromatic nitrogens is 4. The van der Waals surface area contributed by atoms with E-state index in [4.69, 9.17) is 24.9 Å². The van der Waals surface area contributed by atoms with Gasteiger partial charge in [-0.25, -0.2) is 14.4 Å². The summed E-state index contributed by atoms with van der Waals surface area (Å²) >= 11 is 0. The lowest BCUT2D eigenvalue weighted by molar-refractivity contribution is -0.137. The molecule has 4 fully saturated rings. The third-order valence-electron chi connectivity index (χ3n) is 10.0. The number of nitrogen functional groups attached to an aromatic ring is 1. The van der Waals surface area contributed by atoms with Gasteiger partial charge in [0.25, 0.3) is 0 Å². The van der Waals surface area contributed by atoms with Crippen molar-refractivity contribution < 1.29 is 31.8 Å². The second-order valence-electron chi connectivity index (χ2n) is 13.4. The van der Waals surface area contributed by atoms with Crippen molar-refractivity contribution in [1.29, 1.82) is 0 Å². The van der Waals surface area contributed by atoms with Gasteiger partial charge < -0.3 is 30.2 Å². The molecule has 0 spiro atoms. The summed E-state index contributed by atoms with van der Waals surface area (Å²) in [6.45, 7) is 7.08. The number of halogens is 4. The third-order valence-corrected chi connectivity index (χ3v) is 10.0. The molecule has 1 aliphatic carbocycles. The Labute approximate surface area is 262 Å². The first-order valence-electron chi connectivity index (χ1n) is 15.9. The smallest absolute Gasteiger partial charge is 0.418 e.